The predicted molar refractivity (Wildman–Crippen MR) is 203 cm³/mol. The smallest absolute Gasteiger partial charge is 0.297 e. The number of sulfonamides is 1. The van der Waals surface area contributed by atoms with Gasteiger partial charge < -0.3 is 26.0 Å². The van der Waals surface area contributed by atoms with Crippen molar-refractivity contribution in [3.8, 4) is 6.01 Å². The molecule has 54 heavy (non-hydrogen) atoms. The molecule has 3 fully saturated rings. The number of amides is 4. The summed E-state index contributed by atoms with van der Waals surface area (Å²) in [6.07, 6.45) is 8.17. The molecule has 0 unspecified atom stereocenters. The molecule has 288 valence electrons. The van der Waals surface area contributed by atoms with Gasteiger partial charge in [0.1, 0.15) is 29.2 Å². The Labute approximate surface area is 315 Å². The molecule has 15 heteroatoms. The van der Waals surface area contributed by atoms with E-state index in [0.717, 1.165) is 31.4 Å². The Morgan fingerprint density at radius 1 is 1.06 bits per heavy atom. The van der Waals surface area contributed by atoms with Crippen molar-refractivity contribution in [1.29, 1.82) is 0 Å². The van der Waals surface area contributed by atoms with Gasteiger partial charge in [0.05, 0.1) is 22.4 Å². The molecule has 5 atom stereocenters. The molecule has 2 saturated carbocycles. The molecule has 4 amide bonds. The molecule has 3 aromatic rings. The van der Waals surface area contributed by atoms with Gasteiger partial charge in [0.2, 0.25) is 21.8 Å². The minimum atomic E-state index is -3.97. The second kappa shape index (κ2) is 14.4. The highest BCUT2D eigenvalue weighted by atomic mass is 32.2. The van der Waals surface area contributed by atoms with E-state index in [2.05, 4.69) is 20.3 Å². The highest BCUT2D eigenvalue weighted by Crippen LogP contribution is 2.47. The molecule has 1 aromatic heterocycles. The van der Waals surface area contributed by atoms with Crippen LogP contribution >= 0.6 is 0 Å². The average molecular weight is 760 g/mol. The Kier molecular flexibility index (Phi) is 9.96. The molecule has 5 N–H and O–H groups in total. The first-order valence-electron chi connectivity index (χ1n) is 18.9. The molecule has 1 saturated heterocycles. The minimum absolute atomic E-state index is 0.0448. The lowest BCUT2D eigenvalue weighted by molar-refractivity contribution is -0.140. The number of hydrogen-bond donors (Lipinski definition) is 4. The summed E-state index contributed by atoms with van der Waals surface area (Å²) in [7, 11) is -3.97. The molecule has 0 radical (unpaired) electrons. The quantitative estimate of drug-likeness (QED) is 0.234. The number of rotatable bonds is 9. The number of primary amides is 1. The fourth-order valence-corrected chi connectivity index (χ4v) is 9.02. The zero-order chi connectivity index (χ0) is 38.4. The number of para-hydroxylation sites is 2. The summed E-state index contributed by atoms with van der Waals surface area (Å²) in [6.45, 7) is 5.55. The third kappa shape index (κ3) is 7.17. The first kappa shape index (κ1) is 37.4. The van der Waals surface area contributed by atoms with E-state index in [9.17, 15) is 27.6 Å². The van der Waals surface area contributed by atoms with Crippen molar-refractivity contribution in [2.45, 2.75) is 113 Å². The maximum absolute atomic E-state index is 14.6. The summed E-state index contributed by atoms with van der Waals surface area (Å²) < 4.78 is 36.0. The number of carbonyl (C=O) groups is 4. The normalized spacial score (nSPS) is 27.5. The summed E-state index contributed by atoms with van der Waals surface area (Å²) in [6, 6.07) is 13.0. The van der Waals surface area contributed by atoms with Gasteiger partial charge in [0.15, 0.2) is 0 Å². The maximum Gasteiger partial charge on any atom is 0.297 e. The van der Waals surface area contributed by atoms with Gasteiger partial charge in [-0.2, -0.15) is 4.98 Å². The predicted octanol–water partition coefficient (Wildman–Crippen LogP) is 3.94. The Bertz CT molecular complexity index is 2100. The third-order valence-electron chi connectivity index (χ3n) is 11.3. The zero-order valence-corrected chi connectivity index (χ0v) is 31.7. The minimum Gasteiger partial charge on any atom is -0.459 e. The van der Waals surface area contributed by atoms with Crippen molar-refractivity contribution < 1.29 is 32.3 Å². The van der Waals surface area contributed by atoms with E-state index in [0.29, 0.717) is 30.3 Å². The van der Waals surface area contributed by atoms with Crippen LogP contribution in [0.5, 0.6) is 6.01 Å². The molecule has 7 rings (SSSR count). The lowest BCUT2D eigenvalue weighted by Gasteiger charge is -2.30. The van der Waals surface area contributed by atoms with Gasteiger partial charge >= 0.3 is 0 Å². The highest BCUT2D eigenvalue weighted by Gasteiger charge is 2.63. The van der Waals surface area contributed by atoms with E-state index in [4.69, 9.17) is 10.5 Å². The number of aromatic nitrogens is 2. The zero-order valence-electron chi connectivity index (χ0n) is 30.9. The van der Waals surface area contributed by atoms with E-state index >= 15 is 0 Å². The van der Waals surface area contributed by atoms with Crippen LogP contribution in [-0.4, -0.2) is 81.5 Å². The fourth-order valence-electron chi connectivity index (χ4n) is 7.71. The molecule has 2 aliphatic heterocycles. The van der Waals surface area contributed by atoms with Crippen molar-refractivity contribution >= 4 is 50.4 Å². The molecular formula is C39H49N7O7S. The molecule has 0 spiro atoms. The number of anilines is 1. The van der Waals surface area contributed by atoms with Gasteiger partial charge in [-0.05, 0) is 83.6 Å². The first-order valence-corrected chi connectivity index (χ1v) is 20.4. The van der Waals surface area contributed by atoms with Crippen LogP contribution in [0.2, 0.25) is 0 Å². The number of nitrogens with two attached hydrogens (primary N) is 1. The van der Waals surface area contributed by atoms with Crippen LogP contribution in [0.1, 0.15) is 95.0 Å². The Morgan fingerprint density at radius 3 is 2.52 bits per heavy atom. The summed E-state index contributed by atoms with van der Waals surface area (Å²) in [4.78, 5) is 61.5. The first-order chi connectivity index (χ1) is 25.7. The van der Waals surface area contributed by atoms with E-state index in [-0.39, 0.29) is 42.9 Å². The highest BCUT2D eigenvalue weighted by molar-refractivity contribution is 7.91. The Balaban J connectivity index is 1.22. The standard InChI is InChI=1S/C39H49N7O7S/c1-24(2)46-30-18-12-16-28(33(40)47)32(30)42-37(46)53-27-21-31-34(48)43-39(36(50)44-54(51,52)38(3)19-20-38)22-25(39)13-8-5-4-6-11-17-29(35(49)45(31)23-27)41-26-14-9-7-10-15-26/h7-10,12-16,18,24-25,27,29,31,41H,4-6,11,17,19-23H2,1-3H3,(H2,40,47)(H,43,48)(H,44,50)/b13-8-/t25-,27-,29+,31+,39-/m1/s1. The molecule has 14 nitrogen and oxygen atoms in total. The van der Waals surface area contributed by atoms with Crippen molar-refractivity contribution in [1.82, 2.24) is 24.5 Å². The number of ether oxygens (including phenoxy) is 1. The topological polar surface area (TPSA) is 195 Å². The molecule has 2 aromatic carbocycles. The summed E-state index contributed by atoms with van der Waals surface area (Å²) in [5.74, 6) is -2.67. The molecular weight excluding hydrogens is 711 g/mol. The molecule has 4 aliphatic rings. The molecule has 0 bridgehead atoms. The van der Waals surface area contributed by atoms with E-state index in [1.54, 1.807) is 19.1 Å². The van der Waals surface area contributed by atoms with Gasteiger partial charge in [-0.25, -0.2) is 8.42 Å². The lowest BCUT2D eigenvalue weighted by atomic mass is 10.0. The second-order valence-electron chi connectivity index (χ2n) is 15.7. The molecule has 3 heterocycles. The van der Waals surface area contributed by atoms with Gasteiger partial charge in [-0.15, -0.1) is 0 Å². The number of fused-ring (bicyclic) bond motifs is 3. The number of carbonyl (C=O) groups excluding carboxylic acids is 4. The van der Waals surface area contributed by atoms with Gasteiger partial charge in [0, 0.05) is 24.1 Å². The number of benzene rings is 2. The van der Waals surface area contributed by atoms with Gasteiger partial charge in [0.25, 0.3) is 17.8 Å². The van der Waals surface area contributed by atoms with Crippen LogP contribution in [0.25, 0.3) is 11.0 Å². The Hall–Kier alpha value is -4.92. The van der Waals surface area contributed by atoms with E-state index < -0.39 is 62.1 Å². The SMILES string of the molecule is CC(C)n1c(O[C@@H]2C[C@H]3C(=O)N[C@]4(C(=O)NS(=O)(=O)C5(C)CC5)C[C@H]4/C=C\CCCCC[C@H](Nc4ccccc4)C(=O)N3C2)nc2c(C(N)=O)cccc21. The second-order valence-corrected chi connectivity index (χ2v) is 17.9. The van der Waals surface area contributed by atoms with Crippen LogP contribution in [0.15, 0.2) is 60.7 Å². The maximum atomic E-state index is 14.6. The van der Waals surface area contributed by atoms with Gasteiger partial charge in [-0.1, -0.05) is 49.3 Å². The number of allylic oxidation sites excluding steroid dienone is 1. The van der Waals surface area contributed by atoms with E-state index in [1.807, 2.05) is 67.0 Å². The van der Waals surface area contributed by atoms with Crippen molar-refractivity contribution in [2.24, 2.45) is 11.7 Å². The summed E-state index contributed by atoms with van der Waals surface area (Å²) >= 11 is 0. The third-order valence-corrected chi connectivity index (χ3v) is 13.5. The van der Waals surface area contributed by atoms with Crippen LogP contribution < -0.4 is 25.8 Å². The van der Waals surface area contributed by atoms with Crippen molar-refractivity contribution in [2.75, 3.05) is 11.9 Å². The monoisotopic (exact) mass is 759 g/mol. The number of hydrogen-bond acceptors (Lipinski definition) is 9. The van der Waals surface area contributed by atoms with Crippen LogP contribution in [0.3, 0.4) is 0 Å². The van der Waals surface area contributed by atoms with Crippen molar-refractivity contribution in [3.63, 3.8) is 0 Å². The number of imidazole rings is 1. The van der Waals surface area contributed by atoms with Crippen LogP contribution in [0, 0.1) is 5.92 Å². The van der Waals surface area contributed by atoms with Crippen LogP contribution in [-0.2, 0) is 24.4 Å². The lowest BCUT2D eigenvalue weighted by Crippen LogP contribution is -2.58. The van der Waals surface area contributed by atoms with Crippen molar-refractivity contribution in [3.05, 3.63) is 66.2 Å². The van der Waals surface area contributed by atoms with Gasteiger partial charge in [-0.3, -0.25) is 28.5 Å². The fraction of sp³-hybridized carbons (Fsp3) is 0.513. The number of nitrogens with zero attached hydrogens (tertiary/aromatic N) is 3. The summed E-state index contributed by atoms with van der Waals surface area (Å²) in [5.41, 5.74) is 6.24. The largest absolute Gasteiger partial charge is 0.459 e. The van der Waals surface area contributed by atoms with Crippen LogP contribution in [0.4, 0.5) is 5.69 Å². The summed E-state index contributed by atoms with van der Waals surface area (Å²) in [5, 5.41) is 6.33. The number of nitrogens with one attached hydrogen (secondary N) is 3. The van der Waals surface area contributed by atoms with E-state index in [1.165, 1.54) is 4.90 Å². The Morgan fingerprint density at radius 2 is 1.81 bits per heavy atom. The average Bonchev–Trinajstić information content (AvgIpc) is 3.95. The molecule has 2 aliphatic carbocycles.